The lowest BCUT2D eigenvalue weighted by molar-refractivity contribution is 0.722. The molecule has 2 heterocycles. The van der Waals surface area contributed by atoms with Gasteiger partial charge in [-0.15, -0.1) is 0 Å². The monoisotopic (exact) mass is 206 g/mol. The molecule has 0 unspecified atom stereocenters. The van der Waals surface area contributed by atoms with Crippen molar-refractivity contribution in [3.05, 3.63) is 40.7 Å². The zero-order valence-corrected chi connectivity index (χ0v) is 8.58. The highest BCUT2D eigenvalue weighted by Crippen LogP contribution is 2.03. The van der Waals surface area contributed by atoms with Gasteiger partial charge in [0.05, 0.1) is 12.2 Å². The van der Waals surface area contributed by atoms with Crippen molar-refractivity contribution in [1.82, 2.24) is 19.7 Å². The minimum atomic E-state index is 0.669. The van der Waals surface area contributed by atoms with Crippen LogP contribution in [0.3, 0.4) is 0 Å². The second-order valence-corrected chi connectivity index (χ2v) is 3.42. The first kappa shape index (κ1) is 9.08. The van der Waals surface area contributed by atoms with Crippen molar-refractivity contribution in [3.63, 3.8) is 0 Å². The number of aryl methyl sites for hydroxylation is 1. The van der Waals surface area contributed by atoms with E-state index in [9.17, 15) is 0 Å². The first-order chi connectivity index (χ1) is 6.77. The fourth-order valence-electron chi connectivity index (χ4n) is 1.26. The number of nitrogens with one attached hydrogen (secondary N) is 1. The summed E-state index contributed by atoms with van der Waals surface area (Å²) in [6.45, 7) is 2.67. The Balaban J connectivity index is 2.32. The number of rotatable bonds is 2. The molecule has 0 atom stereocenters. The van der Waals surface area contributed by atoms with Crippen LogP contribution in [0, 0.1) is 11.7 Å². The van der Waals surface area contributed by atoms with Gasteiger partial charge in [0.15, 0.2) is 4.77 Å². The zero-order chi connectivity index (χ0) is 9.97. The van der Waals surface area contributed by atoms with Gasteiger partial charge in [0.2, 0.25) is 0 Å². The van der Waals surface area contributed by atoms with E-state index in [0.29, 0.717) is 11.3 Å². The third kappa shape index (κ3) is 1.72. The Labute approximate surface area is 86.6 Å². The van der Waals surface area contributed by atoms with Crippen molar-refractivity contribution < 1.29 is 0 Å². The number of H-pyrrole nitrogens is 1. The molecule has 1 N–H and O–H groups in total. The minimum Gasteiger partial charge on any atom is -0.337 e. The van der Waals surface area contributed by atoms with E-state index in [1.165, 1.54) is 0 Å². The molecular formula is C9H10N4S. The molecule has 0 radical (unpaired) electrons. The predicted octanol–water partition coefficient (Wildman–Crippen LogP) is 1.69. The summed E-state index contributed by atoms with van der Waals surface area (Å²) in [7, 11) is 0. The number of nitrogens with zero attached hydrogens (tertiary/aromatic N) is 3. The molecular weight excluding hydrogens is 196 g/mol. The van der Waals surface area contributed by atoms with Gasteiger partial charge in [-0.2, -0.15) is 10.2 Å². The minimum absolute atomic E-state index is 0.669. The molecule has 0 spiro atoms. The number of imidazole rings is 1. The summed E-state index contributed by atoms with van der Waals surface area (Å²) in [5, 5.41) is 7.82. The van der Waals surface area contributed by atoms with Crippen LogP contribution in [0.15, 0.2) is 24.5 Å². The van der Waals surface area contributed by atoms with Crippen LogP contribution in [0.2, 0.25) is 0 Å². The molecule has 4 nitrogen and oxygen atoms in total. The number of hydrogen-bond donors (Lipinski definition) is 1. The van der Waals surface area contributed by atoms with E-state index in [1.54, 1.807) is 6.20 Å². The van der Waals surface area contributed by atoms with Crippen molar-refractivity contribution in [1.29, 1.82) is 0 Å². The van der Waals surface area contributed by atoms with E-state index in [4.69, 9.17) is 12.2 Å². The molecule has 0 saturated carbocycles. The average molecular weight is 206 g/mol. The molecule has 2 aromatic heterocycles. The summed E-state index contributed by atoms with van der Waals surface area (Å²) >= 11 is 5.13. The summed E-state index contributed by atoms with van der Waals surface area (Å²) < 4.78 is 2.70. The summed E-state index contributed by atoms with van der Waals surface area (Å²) in [5.74, 6) is 0. The smallest absolute Gasteiger partial charge is 0.177 e. The number of aromatic amines is 1. The molecule has 0 aliphatic heterocycles. The zero-order valence-electron chi connectivity index (χ0n) is 7.77. The molecule has 2 rings (SSSR count). The third-order valence-corrected chi connectivity index (χ3v) is 2.36. The van der Waals surface area contributed by atoms with Crippen molar-refractivity contribution in [2.45, 2.75) is 13.5 Å². The topological polar surface area (TPSA) is 46.5 Å². The lowest BCUT2D eigenvalue weighted by Crippen LogP contribution is -2.04. The molecule has 5 heteroatoms. The summed E-state index contributed by atoms with van der Waals surface area (Å²) in [4.78, 5) is 2.99. The number of hydrogen-bond acceptors (Lipinski definition) is 3. The molecule has 0 aliphatic carbocycles. The van der Waals surface area contributed by atoms with Crippen LogP contribution >= 0.6 is 12.2 Å². The van der Waals surface area contributed by atoms with E-state index in [2.05, 4.69) is 15.2 Å². The van der Waals surface area contributed by atoms with E-state index >= 15 is 0 Å². The molecule has 0 saturated heterocycles. The van der Waals surface area contributed by atoms with Gasteiger partial charge in [-0.3, -0.25) is 0 Å². The van der Waals surface area contributed by atoms with E-state index in [0.717, 1.165) is 11.4 Å². The standard InChI is InChI=1S/C9H10N4S/c1-7-5-10-9(14)13(7)6-8-3-2-4-11-12-8/h2-5H,6H2,1H3,(H,10,14). The van der Waals surface area contributed by atoms with Crippen LogP contribution < -0.4 is 0 Å². The largest absolute Gasteiger partial charge is 0.337 e. The lowest BCUT2D eigenvalue weighted by Gasteiger charge is -2.02. The highest BCUT2D eigenvalue weighted by atomic mass is 32.1. The van der Waals surface area contributed by atoms with Crippen molar-refractivity contribution in [3.8, 4) is 0 Å². The predicted molar refractivity (Wildman–Crippen MR) is 55.5 cm³/mol. The van der Waals surface area contributed by atoms with Crippen molar-refractivity contribution in [2.75, 3.05) is 0 Å². The molecule has 14 heavy (non-hydrogen) atoms. The summed E-state index contributed by atoms with van der Waals surface area (Å²) in [5.41, 5.74) is 2.01. The molecule has 0 aliphatic rings. The van der Waals surface area contributed by atoms with Gasteiger partial charge in [0.25, 0.3) is 0 Å². The quantitative estimate of drug-likeness (QED) is 0.761. The van der Waals surface area contributed by atoms with Crippen molar-refractivity contribution >= 4 is 12.2 Å². The van der Waals surface area contributed by atoms with Gasteiger partial charge in [-0.25, -0.2) is 0 Å². The fraction of sp³-hybridized carbons (Fsp3) is 0.222. The maximum Gasteiger partial charge on any atom is 0.177 e. The Morgan fingerprint density at radius 2 is 2.43 bits per heavy atom. The average Bonchev–Trinajstić information content (AvgIpc) is 2.51. The highest BCUT2D eigenvalue weighted by molar-refractivity contribution is 7.71. The van der Waals surface area contributed by atoms with Gasteiger partial charge < -0.3 is 9.55 Å². The van der Waals surface area contributed by atoms with Crippen LogP contribution in [-0.4, -0.2) is 19.7 Å². The van der Waals surface area contributed by atoms with E-state index in [1.807, 2.05) is 29.8 Å². The Hall–Kier alpha value is -1.49. The Bertz CT molecular complexity index is 471. The van der Waals surface area contributed by atoms with Gasteiger partial charge in [0.1, 0.15) is 0 Å². The van der Waals surface area contributed by atoms with E-state index in [-0.39, 0.29) is 0 Å². The van der Waals surface area contributed by atoms with Crippen LogP contribution in [-0.2, 0) is 6.54 Å². The van der Waals surface area contributed by atoms with E-state index < -0.39 is 0 Å². The summed E-state index contributed by atoms with van der Waals surface area (Å²) in [6.07, 6.45) is 3.55. The second kappa shape index (κ2) is 3.71. The Kier molecular flexibility index (Phi) is 2.41. The van der Waals surface area contributed by atoms with Crippen LogP contribution in [0.4, 0.5) is 0 Å². The second-order valence-electron chi connectivity index (χ2n) is 3.04. The van der Waals surface area contributed by atoms with Gasteiger partial charge in [-0.05, 0) is 31.3 Å². The third-order valence-electron chi connectivity index (χ3n) is 2.02. The van der Waals surface area contributed by atoms with Crippen LogP contribution in [0.5, 0.6) is 0 Å². The Morgan fingerprint density at radius 1 is 1.57 bits per heavy atom. The Morgan fingerprint density at radius 3 is 3.00 bits per heavy atom. The normalized spacial score (nSPS) is 10.4. The lowest BCUT2D eigenvalue weighted by atomic mass is 10.4. The molecule has 0 fully saturated rings. The van der Waals surface area contributed by atoms with Gasteiger partial charge in [0, 0.05) is 18.1 Å². The highest BCUT2D eigenvalue weighted by Gasteiger charge is 2.00. The fourth-order valence-corrected chi connectivity index (χ4v) is 1.53. The molecule has 0 aromatic carbocycles. The van der Waals surface area contributed by atoms with Crippen LogP contribution in [0.25, 0.3) is 0 Å². The number of aromatic nitrogens is 4. The molecule has 0 amide bonds. The van der Waals surface area contributed by atoms with Gasteiger partial charge >= 0.3 is 0 Å². The molecule has 72 valence electrons. The maximum absolute atomic E-state index is 5.13. The molecule has 0 bridgehead atoms. The van der Waals surface area contributed by atoms with Gasteiger partial charge in [-0.1, -0.05) is 0 Å². The first-order valence-electron chi connectivity index (χ1n) is 4.29. The van der Waals surface area contributed by atoms with Crippen LogP contribution in [0.1, 0.15) is 11.4 Å². The first-order valence-corrected chi connectivity index (χ1v) is 4.69. The maximum atomic E-state index is 5.13. The molecule has 2 aromatic rings. The SMILES string of the molecule is Cc1c[nH]c(=S)n1Cc1cccnn1. The summed E-state index contributed by atoms with van der Waals surface area (Å²) in [6, 6.07) is 3.80. The van der Waals surface area contributed by atoms with Crippen molar-refractivity contribution in [2.24, 2.45) is 0 Å².